The molecule has 3 atom stereocenters. The van der Waals surface area contributed by atoms with Gasteiger partial charge in [-0.05, 0) is 38.0 Å². The second kappa shape index (κ2) is 12.8. The molecule has 0 saturated carbocycles. The molecule has 180 valence electrons. The van der Waals surface area contributed by atoms with Crippen molar-refractivity contribution in [2.45, 2.75) is 50.9 Å². The van der Waals surface area contributed by atoms with Gasteiger partial charge in [-0.1, -0.05) is 30.3 Å². The molecule has 3 heterocycles. The van der Waals surface area contributed by atoms with Crippen molar-refractivity contribution in [3.8, 4) is 0 Å². The first kappa shape index (κ1) is 26.1. The van der Waals surface area contributed by atoms with Crippen molar-refractivity contribution >= 4 is 41.7 Å². The summed E-state index contributed by atoms with van der Waals surface area (Å²) in [6.45, 7) is 12.1. The molecule has 3 unspecified atom stereocenters. The molecular weight excluding hydrogens is 533 g/mol. The molecule has 0 aromatic heterocycles. The van der Waals surface area contributed by atoms with Crippen molar-refractivity contribution < 1.29 is 4.74 Å². The maximum Gasteiger partial charge on any atom is 0.191 e. The minimum absolute atomic E-state index is 0. The van der Waals surface area contributed by atoms with Gasteiger partial charge in [-0.3, -0.25) is 14.8 Å². The fourth-order valence-corrected chi connectivity index (χ4v) is 6.56. The number of hydrogen-bond donors (Lipinski definition) is 2. The van der Waals surface area contributed by atoms with Crippen LogP contribution in [0.2, 0.25) is 0 Å². The van der Waals surface area contributed by atoms with Gasteiger partial charge < -0.3 is 15.4 Å². The van der Waals surface area contributed by atoms with Crippen LogP contribution in [0, 0.1) is 0 Å². The number of nitrogens with zero attached hydrogens (tertiary/aromatic N) is 3. The number of morpholine rings is 1. The van der Waals surface area contributed by atoms with Crippen LogP contribution < -0.4 is 10.6 Å². The van der Waals surface area contributed by atoms with Gasteiger partial charge in [0, 0.05) is 50.6 Å². The van der Waals surface area contributed by atoms with E-state index in [1.165, 1.54) is 23.5 Å². The molecule has 1 aromatic carbocycles. The van der Waals surface area contributed by atoms with Gasteiger partial charge in [0.1, 0.15) is 0 Å². The van der Waals surface area contributed by atoms with E-state index in [0.717, 1.165) is 64.9 Å². The van der Waals surface area contributed by atoms with Crippen LogP contribution in [0.3, 0.4) is 0 Å². The molecule has 3 saturated heterocycles. The largest absolute Gasteiger partial charge is 0.379 e. The van der Waals surface area contributed by atoms with Crippen LogP contribution in [0.5, 0.6) is 0 Å². The number of nitrogens with one attached hydrogen (secondary N) is 2. The Balaban J connectivity index is 0.00000289. The first-order valence-corrected chi connectivity index (χ1v) is 13.1. The number of guanidine groups is 1. The summed E-state index contributed by atoms with van der Waals surface area (Å²) in [5.74, 6) is 3.40. The van der Waals surface area contributed by atoms with Crippen molar-refractivity contribution in [1.82, 2.24) is 20.4 Å². The Labute approximate surface area is 215 Å². The average Bonchev–Trinajstić information content (AvgIpc) is 3.41. The third-order valence-electron chi connectivity index (χ3n) is 6.91. The number of hydrogen-bond acceptors (Lipinski definition) is 5. The Morgan fingerprint density at radius 2 is 2.03 bits per heavy atom. The molecule has 8 heteroatoms. The lowest BCUT2D eigenvalue weighted by molar-refractivity contribution is -0.0104. The Kier molecular flexibility index (Phi) is 10.4. The van der Waals surface area contributed by atoms with E-state index in [0.29, 0.717) is 12.1 Å². The quantitative estimate of drug-likeness (QED) is 0.297. The lowest BCUT2D eigenvalue weighted by atomic mass is 9.96. The van der Waals surface area contributed by atoms with Crippen molar-refractivity contribution in [3.05, 3.63) is 35.9 Å². The molecular formula is C24H40IN5OS. The van der Waals surface area contributed by atoms with Gasteiger partial charge in [0.2, 0.25) is 0 Å². The minimum atomic E-state index is 0. The molecule has 3 aliphatic heterocycles. The topological polar surface area (TPSA) is 52.1 Å². The van der Waals surface area contributed by atoms with Gasteiger partial charge in [-0.15, -0.1) is 24.0 Å². The molecule has 6 nitrogen and oxygen atoms in total. The van der Waals surface area contributed by atoms with Crippen LogP contribution in [0.1, 0.15) is 32.3 Å². The predicted molar refractivity (Wildman–Crippen MR) is 146 cm³/mol. The Bertz CT molecular complexity index is 710. The number of ether oxygens (including phenoxy) is 1. The van der Waals surface area contributed by atoms with Crippen molar-refractivity contribution in [1.29, 1.82) is 0 Å². The zero-order valence-corrected chi connectivity index (χ0v) is 22.7. The maximum atomic E-state index is 5.61. The lowest BCUT2D eigenvalue weighted by Crippen LogP contribution is -2.56. The second-order valence-corrected chi connectivity index (χ2v) is 10.3. The Morgan fingerprint density at radius 3 is 2.72 bits per heavy atom. The predicted octanol–water partition coefficient (Wildman–Crippen LogP) is 3.03. The molecule has 3 aliphatic rings. The SMILES string of the molecule is CCNC(=NCC1(N2CCOCC2)CCSC1)NC1CC(C)N(Cc2ccccc2)C1.I. The number of aliphatic imine (C=N–C) groups is 1. The number of thioether (sulfide) groups is 1. The zero-order chi connectivity index (χ0) is 21.5. The van der Waals surface area contributed by atoms with E-state index < -0.39 is 0 Å². The first-order valence-electron chi connectivity index (χ1n) is 11.9. The van der Waals surface area contributed by atoms with E-state index in [4.69, 9.17) is 9.73 Å². The monoisotopic (exact) mass is 573 g/mol. The fraction of sp³-hybridized carbons (Fsp3) is 0.708. The zero-order valence-electron chi connectivity index (χ0n) is 19.6. The summed E-state index contributed by atoms with van der Waals surface area (Å²) in [4.78, 5) is 10.3. The van der Waals surface area contributed by atoms with E-state index in [9.17, 15) is 0 Å². The van der Waals surface area contributed by atoms with Crippen LogP contribution >= 0.6 is 35.7 Å². The highest BCUT2D eigenvalue weighted by Crippen LogP contribution is 2.34. The van der Waals surface area contributed by atoms with Crippen molar-refractivity contribution in [2.75, 3.05) is 57.4 Å². The summed E-state index contributed by atoms with van der Waals surface area (Å²) >= 11 is 2.07. The van der Waals surface area contributed by atoms with Crippen LogP contribution in [-0.2, 0) is 11.3 Å². The van der Waals surface area contributed by atoms with Gasteiger partial charge in [0.05, 0.1) is 25.3 Å². The smallest absolute Gasteiger partial charge is 0.191 e. The maximum absolute atomic E-state index is 5.61. The third-order valence-corrected chi connectivity index (χ3v) is 8.15. The lowest BCUT2D eigenvalue weighted by Gasteiger charge is -2.42. The molecule has 0 bridgehead atoms. The van der Waals surface area contributed by atoms with E-state index in [-0.39, 0.29) is 29.5 Å². The minimum Gasteiger partial charge on any atom is -0.379 e. The van der Waals surface area contributed by atoms with Gasteiger partial charge in [0.15, 0.2) is 5.96 Å². The van der Waals surface area contributed by atoms with Crippen LogP contribution in [0.25, 0.3) is 0 Å². The van der Waals surface area contributed by atoms with Gasteiger partial charge in [-0.2, -0.15) is 11.8 Å². The highest BCUT2D eigenvalue weighted by Gasteiger charge is 2.40. The number of rotatable bonds is 7. The Morgan fingerprint density at radius 1 is 1.25 bits per heavy atom. The van der Waals surface area contributed by atoms with E-state index in [2.05, 4.69) is 76.4 Å². The summed E-state index contributed by atoms with van der Waals surface area (Å²) in [5, 5.41) is 7.26. The molecule has 32 heavy (non-hydrogen) atoms. The fourth-order valence-electron chi connectivity index (χ4n) is 5.09. The van der Waals surface area contributed by atoms with Crippen molar-refractivity contribution in [3.63, 3.8) is 0 Å². The van der Waals surface area contributed by atoms with Crippen LogP contribution in [0.15, 0.2) is 35.3 Å². The highest BCUT2D eigenvalue weighted by atomic mass is 127. The van der Waals surface area contributed by atoms with Crippen LogP contribution in [0.4, 0.5) is 0 Å². The molecule has 0 amide bonds. The molecule has 2 N–H and O–H groups in total. The third kappa shape index (κ3) is 6.74. The highest BCUT2D eigenvalue weighted by molar-refractivity contribution is 14.0. The van der Waals surface area contributed by atoms with Gasteiger partial charge >= 0.3 is 0 Å². The standard InChI is InChI=1S/C24H39N5OS.HI/c1-3-25-23(26-18-24(9-14-31-19-24)29-10-12-30-13-11-29)27-22-15-20(2)28(17-22)16-21-7-5-4-6-8-21;/h4-8,20,22H,3,9-19H2,1-2H3,(H2,25,26,27);1H. The Hall–Kier alpha value is -0.550. The normalized spacial score (nSPS) is 29.6. The summed E-state index contributed by atoms with van der Waals surface area (Å²) in [6, 6.07) is 11.8. The summed E-state index contributed by atoms with van der Waals surface area (Å²) < 4.78 is 5.61. The molecule has 0 radical (unpaired) electrons. The second-order valence-electron chi connectivity index (χ2n) is 9.16. The average molecular weight is 574 g/mol. The van der Waals surface area contributed by atoms with E-state index in [1.807, 2.05) is 0 Å². The molecule has 3 fully saturated rings. The first-order chi connectivity index (χ1) is 15.2. The molecule has 4 rings (SSSR count). The molecule has 0 aliphatic carbocycles. The number of benzene rings is 1. The van der Waals surface area contributed by atoms with Gasteiger partial charge in [0.25, 0.3) is 0 Å². The van der Waals surface area contributed by atoms with E-state index >= 15 is 0 Å². The summed E-state index contributed by atoms with van der Waals surface area (Å²) in [6.07, 6.45) is 2.38. The van der Waals surface area contributed by atoms with Crippen molar-refractivity contribution in [2.24, 2.45) is 4.99 Å². The summed E-state index contributed by atoms with van der Waals surface area (Å²) in [7, 11) is 0. The molecule has 0 spiro atoms. The van der Waals surface area contributed by atoms with Crippen LogP contribution in [-0.4, -0.2) is 90.8 Å². The van der Waals surface area contributed by atoms with E-state index in [1.54, 1.807) is 0 Å². The number of likely N-dealkylation sites (tertiary alicyclic amines) is 1. The summed E-state index contributed by atoms with van der Waals surface area (Å²) in [5.41, 5.74) is 1.58. The van der Waals surface area contributed by atoms with Gasteiger partial charge in [-0.25, -0.2) is 0 Å². The molecule has 1 aromatic rings. The number of halogens is 1.